The van der Waals surface area contributed by atoms with E-state index in [0.717, 1.165) is 18.4 Å². The van der Waals surface area contributed by atoms with Crippen molar-refractivity contribution in [2.45, 2.75) is 6.92 Å². The molecule has 9 heteroatoms. The van der Waals surface area contributed by atoms with E-state index in [9.17, 15) is 22.0 Å². The third kappa shape index (κ3) is 4.55. The molecule has 0 aliphatic rings. The number of aryl methyl sites for hydroxylation is 1. The van der Waals surface area contributed by atoms with Crippen LogP contribution in [0, 0.1) is 18.6 Å². The zero-order valence-electron chi connectivity index (χ0n) is 14.9. The zero-order valence-corrected chi connectivity index (χ0v) is 15.7. The van der Waals surface area contributed by atoms with Crippen LogP contribution in [0.15, 0.2) is 53.5 Å². The lowest BCUT2D eigenvalue weighted by molar-refractivity contribution is 0.439. The molecule has 3 rings (SSSR count). The van der Waals surface area contributed by atoms with Gasteiger partial charge >= 0.3 is 0 Å². The molecule has 1 aromatic heterocycles. The molecule has 2 aromatic carbocycles. The molecule has 0 unspecified atom stereocenters. The maximum absolute atomic E-state index is 14.0. The van der Waals surface area contributed by atoms with E-state index in [0.29, 0.717) is 22.8 Å². The molecular formula is C19H16F2N2O4S. The molecule has 0 bridgehead atoms. The first-order valence-electron chi connectivity index (χ1n) is 8.07. The topological polar surface area (TPSA) is 88.3 Å². The van der Waals surface area contributed by atoms with E-state index in [2.05, 4.69) is 9.71 Å². The van der Waals surface area contributed by atoms with Crippen LogP contribution < -0.4 is 15.0 Å². The minimum Gasteiger partial charge on any atom is -0.454 e. The van der Waals surface area contributed by atoms with Gasteiger partial charge in [-0.1, -0.05) is 0 Å². The van der Waals surface area contributed by atoms with E-state index in [1.807, 2.05) is 0 Å². The number of halogens is 2. The Morgan fingerprint density at radius 2 is 1.75 bits per heavy atom. The Morgan fingerprint density at radius 1 is 1.04 bits per heavy atom. The highest BCUT2D eigenvalue weighted by Crippen LogP contribution is 2.36. The summed E-state index contributed by atoms with van der Waals surface area (Å²) in [7, 11) is -3.52. The van der Waals surface area contributed by atoms with Crippen molar-refractivity contribution in [3.63, 3.8) is 0 Å². The number of anilines is 1. The lowest BCUT2D eigenvalue weighted by Crippen LogP contribution is -2.10. The Morgan fingerprint density at radius 3 is 2.39 bits per heavy atom. The first-order valence-corrected chi connectivity index (χ1v) is 9.96. The van der Waals surface area contributed by atoms with Crippen LogP contribution in [-0.4, -0.2) is 19.7 Å². The van der Waals surface area contributed by atoms with Crippen molar-refractivity contribution in [2.24, 2.45) is 0 Å². The van der Waals surface area contributed by atoms with Gasteiger partial charge in [-0.05, 0) is 43.3 Å². The summed E-state index contributed by atoms with van der Waals surface area (Å²) in [6, 6.07) is 8.87. The number of hydrogen-bond acceptors (Lipinski definition) is 4. The molecule has 1 heterocycles. The maximum Gasteiger partial charge on any atom is 0.250 e. The van der Waals surface area contributed by atoms with Crippen LogP contribution in [0.5, 0.6) is 11.5 Å². The van der Waals surface area contributed by atoms with Gasteiger partial charge in [-0.15, -0.1) is 0 Å². The molecule has 3 aromatic rings. The predicted molar refractivity (Wildman–Crippen MR) is 102 cm³/mol. The van der Waals surface area contributed by atoms with Crippen LogP contribution in [0.25, 0.3) is 11.1 Å². The molecule has 146 valence electrons. The van der Waals surface area contributed by atoms with Gasteiger partial charge in [-0.25, -0.2) is 17.2 Å². The van der Waals surface area contributed by atoms with E-state index >= 15 is 0 Å². The summed E-state index contributed by atoms with van der Waals surface area (Å²) >= 11 is 0. The number of pyridine rings is 1. The largest absolute Gasteiger partial charge is 0.454 e. The Balaban J connectivity index is 2.12. The molecule has 0 spiro atoms. The monoisotopic (exact) mass is 406 g/mol. The fraction of sp³-hybridized carbons (Fsp3) is 0.105. The predicted octanol–water partition coefficient (Wildman–Crippen LogP) is 3.79. The van der Waals surface area contributed by atoms with Crippen LogP contribution in [0.1, 0.15) is 5.56 Å². The molecule has 0 aliphatic heterocycles. The number of nitrogens with one attached hydrogen (secondary N) is 2. The van der Waals surface area contributed by atoms with Crippen LogP contribution in [-0.2, 0) is 10.0 Å². The third-order valence-electron chi connectivity index (χ3n) is 3.80. The molecule has 0 saturated carbocycles. The molecule has 2 N–H and O–H groups in total. The number of aromatic nitrogens is 1. The lowest BCUT2D eigenvalue weighted by Gasteiger charge is -2.14. The number of sulfonamides is 1. The Labute approximate surface area is 159 Å². The summed E-state index contributed by atoms with van der Waals surface area (Å²) in [5, 5.41) is 0. The van der Waals surface area contributed by atoms with Crippen LogP contribution in [0.2, 0.25) is 0 Å². The van der Waals surface area contributed by atoms with Gasteiger partial charge in [-0.2, -0.15) is 0 Å². The summed E-state index contributed by atoms with van der Waals surface area (Å²) in [5.74, 6) is -1.64. The average Bonchev–Trinajstić information content (AvgIpc) is 2.59. The van der Waals surface area contributed by atoms with Gasteiger partial charge in [0.15, 0.2) is 11.6 Å². The third-order valence-corrected chi connectivity index (χ3v) is 4.40. The van der Waals surface area contributed by atoms with Gasteiger partial charge in [0.1, 0.15) is 11.6 Å². The number of benzene rings is 2. The van der Waals surface area contributed by atoms with E-state index in [1.165, 1.54) is 24.4 Å². The summed E-state index contributed by atoms with van der Waals surface area (Å²) in [6.45, 7) is 1.61. The number of H-pyrrole nitrogens is 1. The van der Waals surface area contributed by atoms with Crippen molar-refractivity contribution in [3.8, 4) is 22.6 Å². The van der Waals surface area contributed by atoms with E-state index in [4.69, 9.17) is 4.74 Å². The SMILES string of the molecule is Cc1cc(-c2cc(NS(C)(=O)=O)ccc2Oc2ccc(F)cc2F)c[nH]c1=O. The van der Waals surface area contributed by atoms with Crippen molar-refractivity contribution >= 4 is 15.7 Å². The van der Waals surface area contributed by atoms with E-state index < -0.39 is 21.7 Å². The fourth-order valence-electron chi connectivity index (χ4n) is 2.55. The smallest absolute Gasteiger partial charge is 0.250 e. The normalized spacial score (nSPS) is 11.3. The first-order chi connectivity index (χ1) is 13.1. The van der Waals surface area contributed by atoms with E-state index in [1.54, 1.807) is 13.0 Å². The molecule has 0 saturated heterocycles. The molecule has 0 aliphatic carbocycles. The summed E-state index contributed by atoms with van der Waals surface area (Å²) in [6.07, 6.45) is 2.44. The van der Waals surface area contributed by atoms with Crippen molar-refractivity contribution in [3.05, 3.63) is 76.2 Å². The molecule has 0 amide bonds. The maximum atomic E-state index is 14.0. The van der Waals surface area contributed by atoms with Crippen molar-refractivity contribution < 1.29 is 21.9 Å². The van der Waals surface area contributed by atoms with Crippen molar-refractivity contribution in [1.82, 2.24) is 4.98 Å². The van der Waals surface area contributed by atoms with Crippen molar-refractivity contribution in [1.29, 1.82) is 0 Å². The van der Waals surface area contributed by atoms with Crippen molar-refractivity contribution in [2.75, 3.05) is 11.0 Å². The van der Waals surface area contributed by atoms with Gasteiger partial charge in [0.05, 0.1) is 6.26 Å². The number of rotatable bonds is 5. The van der Waals surface area contributed by atoms with Crippen LogP contribution >= 0.6 is 0 Å². The molecular weight excluding hydrogens is 390 g/mol. The molecule has 0 radical (unpaired) electrons. The molecule has 28 heavy (non-hydrogen) atoms. The summed E-state index contributed by atoms with van der Waals surface area (Å²) < 4.78 is 58.1. The average molecular weight is 406 g/mol. The van der Waals surface area contributed by atoms with Crippen LogP contribution in [0.3, 0.4) is 0 Å². The second-order valence-corrected chi connectivity index (χ2v) is 7.91. The first kappa shape index (κ1) is 19.6. The molecule has 6 nitrogen and oxygen atoms in total. The highest BCUT2D eigenvalue weighted by atomic mass is 32.2. The summed E-state index contributed by atoms with van der Waals surface area (Å²) in [4.78, 5) is 14.2. The highest BCUT2D eigenvalue weighted by Gasteiger charge is 2.14. The minimum atomic E-state index is -3.52. The van der Waals surface area contributed by atoms with Gasteiger partial charge in [0.25, 0.3) is 5.56 Å². The number of hydrogen-bond donors (Lipinski definition) is 2. The minimum absolute atomic E-state index is 0.191. The van der Waals surface area contributed by atoms with Gasteiger partial charge in [0.2, 0.25) is 10.0 Å². The zero-order chi connectivity index (χ0) is 20.5. The summed E-state index contributed by atoms with van der Waals surface area (Å²) in [5.41, 5.74) is 1.33. The standard InChI is InChI=1S/C19H16F2N2O4S/c1-11-7-12(10-22-19(11)24)15-9-14(23-28(2,25)26)4-6-17(15)27-18-5-3-13(20)8-16(18)21/h3-10,23H,1-2H3,(H,22,24). The quantitative estimate of drug-likeness (QED) is 0.675. The second-order valence-electron chi connectivity index (χ2n) is 6.16. The van der Waals surface area contributed by atoms with Gasteiger partial charge < -0.3 is 9.72 Å². The highest BCUT2D eigenvalue weighted by molar-refractivity contribution is 7.92. The molecule has 0 fully saturated rings. The Hall–Kier alpha value is -3.20. The number of aromatic amines is 1. The Bertz CT molecular complexity index is 1210. The second kappa shape index (κ2) is 7.43. The lowest BCUT2D eigenvalue weighted by atomic mass is 10.0. The van der Waals surface area contributed by atoms with E-state index in [-0.39, 0.29) is 22.7 Å². The van der Waals surface area contributed by atoms with Gasteiger partial charge in [0, 0.05) is 34.6 Å². The Kier molecular flexibility index (Phi) is 5.19. The fourth-order valence-corrected chi connectivity index (χ4v) is 3.11. The van der Waals surface area contributed by atoms with Crippen LogP contribution in [0.4, 0.5) is 14.5 Å². The number of ether oxygens (including phenoxy) is 1. The molecule has 0 atom stereocenters. The van der Waals surface area contributed by atoms with Gasteiger partial charge in [-0.3, -0.25) is 9.52 Å².